The fraction of sp³-hybridized carbons (Fsp3) is 0.185. The van der Waals surface area contributed by atoms with Crippen LogP contribution in [-0.2, 0) is 0 Å². The molecule has 1 unspecified atom stereocenters. The van der Waals surface area contributed by atoms with Crippen molar-refractivity contribution < 1.29 is 4.90 Å². The summed E-state index contributed by atoms with van der Waals surface area (Å²) in [6.07, 6.45) is 7.31. The summed E-state index contributed by atoms with van der Waals surface area (Å²) in [5.41, 5.74) is 6.91. The van der Waals surface area contributed by atoms with E-state index in [1.54, 1.807) is 7.23 Å². The van der Waals surface area contributed by atoms with E-state index < -0.39 is 20.9 Å². The Labute approximate surface area is 189 Å². The molecular weight excluding hydrogens is 480 g/mol. The van der Waals surface area contributed by atoms with Crippen molar-refractivity contribution in [1.29, 1.82) is 0 Å². The zero-order valence-electron chi connectivity index (χ0n) is 17.9. The van der Waals surface area contributed by atoms with Crippen LogP contribution >= 0.6 is 0 Å². The van der Waals surface area contributed by atoms with Crippen molar-refractivity contribution in [3.63, 3.8) is 0 Å². The Morgan fingerprint density at radius 3 is 2.50 bits per heavy atom. The van der Waals surface area contributed by atoms with Crippen molar-refractivity contribution in [3.8, 4) is 0 Å². The topological polar surface area (TPSA) is 7.68 Å². The Balaban J connectivity index is 1.80. The van der Waals surface area contributed by atoms with E-state index in [0.29, 0.717) is 6.04 Å². The van der Waals surface area contributed by atoms with Gasteiger partial charge in [0.15, 0.2) is 0 Å². The van der Waals surface area contributed by atoms with Gasteiger partial charge in [0, 0.05) is 0 Å². The fourth-order valence-electron chi connectivity index (χ4n) is 4.32. The van der Waals surface area contributed by atoms with Gasteiger partial charge in [-0.2, -0.15) is 0 Å². The molecule has 1 atom stereocenters. The van der Waals surface area contributed by atoms with Crippen molar-refractivity contribution in [2.45, 2.75) is 6.04 Å². The van der Waals surface area contributed by atoms with E-state index in [4.69, 9.17) is 0 Å². The van der Waals surface area contributed by atoms with Gasteiger partial charge < -0.3 is 0 Å². The van der Waals surface area contributed by atoms with Gasteiger partial charge in [0.25, 0.3) is 0 Å². The second kappa shape index (κ2) is 7.74. The number of anilines is 1. The number of nitrogens with zero attached hydrogens (tertiary/aromatic N) is 1. The monoisotopic (exact) mass is 509 g/mol. The Morgan fingerprint density at radius 2 is 1.70 bits per heavy atom. The number of rotatable bonds is 3. The fourth-order valence-corrected chi connectivity index (χ4v) is 7.72. The van der Waals surface area contributed by atoms with Crippen molar-refractivity contribution in [3.05, 3.63) is 99.2 Å². The molecule has 5 rings (SSSR count). The number of quaternary nitrogens is 1. The summed E-state index contributed by atoms with van der Waals surface area (Å²) in [6, 6.07) is 23.0. The van der Waals surface area contributed by atoms with E-state index in [2.05, 4.69) is 112 Å². The molecule has 150 valence electrons. The van der Waals surface area contributed by atoms with E-state index in [0.717, 1.165) is 0 Å². The van der Waals surface area contributed by atoms with Crippen LogP contribution in [-0.4, -0.2) is 55.2 Å². The number of fused-ring (bicyclic) bond motifs is 3. The minimum absolute atomic E-state index is 0.432. The number of allylic oxidation sites excluding steroid dienone is 3. The molecule has 2 aliphatic rings. The van der Waals surface area contributed by atoms with Gasteiger partial charge in [-0.1, -0.05) is 0 Å². The van der Waals surface area contributed by atoms with E-state index in [1.165, 1.54) is 43.6 Å². The van der Waals surface area contributed by atoms with Crippen molar-refractivity contribution in [2.24, 2.45) is 0 Å². The molecule has 1 heterocycles. The normalized spacial score (nSPS) is 17.8. The molecule has 1 N–H and O–H groups in total. The molecule has 0 bridgehead atoms. The summed E-state index contributed by atoms with van der Waals surface area (Å²) in [5.74, 6) is 0. The second-order valence-electron chi connectivity index (χ2n) is 8.49. The van der Waals surface area contributed by atoms with Crippen LogP contribution in [0.25, 0.3) is 16.3 Å². The molecule has 0 radical (unpaired) electrons. The SMILES string of the molecule is CN(C)c1ccc2c(c1)[Te]C1=CC([NH+](C)C)C=CC1=C2c1cccc2ccccc12. The molecule has 0 saturated heterocycles. The van der Waals surface area contributed by atoms with Crippen LogP contribution in [0.3, 0.4) is 0 Å². The molecule has 30 heavy (non-hydrogen) atoms. The molecule has 0 saturated carbocycles. The first kappa shape index (κ1) is 19.6. The molecule has 0 aromatic heterocycles. The summed E-state index contributed by atoms with van der Waals surface area (Å²) in [5, 5.41) is 2.64. The van der Waals surface area contributed by atoms with Gasteiger partial charge in [0.1, 0.15) is 0 Å². The zero-order valence-corrected chi connectivity index (χ0v) is 20.3. The molecule has 3 aromatic carbocycles. The molecule has 3 aromatic rings. The molecule has 1 aliphatic heterocycles. The number of hydrogen-bond donors (Lipinski definition) is 1. The Hall–Kier alpha value is -2.31. The minimum atomic E-state index is -0.432. The Morgan fingerprint density at radius 1 is 0.900 bits per heavy atom. The number of nitrogens with one attached hydrogen (secondary N) is 1. The van der Waals surface area contributed by atoms with E-state index in [1.807, 2.05) is 0 Å². The summed E-state index contributed by atoms with van der Waals surface area (Å²) < 4.78 is 3.13. The Bertz CT molecular complexity index is 1230. The van der Waals surface area contributed by atoms with E-state index in [-0.39, 0.29) is 0 Å². The second-order valence-corrected chi connectivity index (χ2v) is 11.6. The number of likely N-dealkylation sites (N-methyl/N-ethyl adjacent to an activating group) is 1. The summed E-state index contributed by atoms with van der Waals surface area (Å²) in [6.45, 7) is 0. The molecule has 0 amide bonds. The third-order valence-corrected chi connectivity index (χ3v) is 9.27. The van der Waals surface area contributed by atoms with Gasteiger partial charge in [0.2, 0.25) is 0 Å². The predicted octanol–water partition coefficient (Wildman–Crippen LogP) is 3.02. The van der Waals surface area contributed by atoms with Gasteiger partial charge in [-0.3, -0.25) is 0 Å². The first-order valence-corrected chi connectivity index (χ1v) is 12.8. The maximum absolute atomic E-state index is 2.53. The molecule has 0 spiro atoms. The maximum atomic E-state index is 2.53. The summed E-state index contributed by atoms with van der Waals surface area (Å²) in [7, 11) is 8.75. The third kappa shape index (κ3) is 3.32. The molecular formula is C27H27N2Te+. The van der Waals surface area contributed by atoms with Crippen molar-refractivity contribution >= 4 is 46.6 Å². The van der Waals surface area contributed by atoms with Gasteiger partial charge in [-0.25, -0.2) is 0 Å². The van der Waals surface area contributed by atoms with Crippen LogP contribution in [0.5, 0.6) is 0 Å². The predicted molar refractivity (Wildman–Crippen MR) is 130 cm³/mol. The van der Waals surface area contributed by atoms with Crippen molar-refractivity contribution in [2.75, 3.05) is 33.1 Å². The molecule has 1 aliphatic carbocycles. The first-order valence-electron chi connectivity index (χ1n) is 10.5. The number of benzene rings is 3. The van der Waals surface area contributed by atoms with E-state index >= 15 is 0 Å². The quantitative estimate of drug-likeness (QED) is 0.537. The molecule has 0 fully saturated rings. The van der Waals surface area contributed by atoms with Gasteiger partial charge in [-0.05, 0) is 0 Å². The standard InChI is InChI=1S/C27H26N2Te/c1-28(2)19-12-14-23-25(16-19)30-26-17-20(29(3)4)13-15-24(26)27(23)22-11-7-9-18-8-5-6-10-21(18)22/h5-17,19H,1-4H3/p+1. The first-order chi connectivity index (χ1) is 14.5. The number of hydrogen-bond acceptors (Lipinski definition) is 1. The summed E-state index contributed by atoms with van der Waals surface area (Å²) in [4.78, 5) is 3.68. The average molecular weight is 507 g/mol. The molecule has 2 nitrogen and oxygen atoms in total. The van der Waals surface area contributed by atoms with Crippen LogP contribution in [0.1, 0.15) is 11.1 Å². The zero-order chi connectivity index (χ0) is 20.8. The van der Waals surface area contributed by atoms with Crippen LogP contribution in [0.4, 0.5) is 5.69 Å². The van der Waals surface area contributed by atoms with Gasteiger partial charge in [0.05, 0.1) is 0 Å². The van der Waals surface area contributed by atoms with Crippen LogP contribution < -0.4 is 13.4 Å². The van der Waals surface area contributed by atoms with Gasteiger partial charge >= 0.3 is 190 Å². The van der Waals surface area contributed by atoms with Gasteiger partial charge in [-0.15, -0.1) is 0 Å². The van der Waals surface area contributed by atoms with Crippen molar-refractivity contribution in [1.82, 2.24) is 0 Å². The summed E-state index contributed by atoms with van der Waals surface area (Å²) >= 11 is -0.432. The van der Waals surface area contributed by atoms with E-state index in [9.17, 15) is 0 Å². The third-order valence-electron chi connectivity index (χ3n) is 6.03. The van der Waals surface area contributed by atoms with Crippen LogP contribution in [0.2, 0.25) is 0 Å². The average Bonchev–Trinajstić information content (AvgIpc) is 2.76. The Kier molecular flexibility index (Phi) is 5.07. The molecule has 3 heteroatoms. The van der Waals surface area contributed by atoms with Crippen LogP contribution in [0.15, 0.2) is 88.1 Å². The van der Waals surface area contributed by atoms with Crippen LogP contribution in [0, 0.1) is 0 Å².